The lowest BCUT2D eigenvalue weighted by Gasteiger charge is -2.43. The molecule has 4 nitrogen and oxygen atoms in total. The molecule has 0 spiro atoms. The van der Waals surface area contributed by atoms with Crippen molar-refractivity contribution in [3.05, 3.63) is 65.6 Å². The highest BCUT2D eigenvalue weighted by Gasteiger charge is 2.45. The summed E-state index contributed by atoms with van der Waals surface area (Å²) in [6, 6.07) is 8.04. The molecule has 1 aromatic carbocycles. The van der Waals surface area contributed by atoms with Gasteiger partial charge in [-0.25, -0.2) is 4.79 Å². The van der Waals surface area contributed by atoms with E-state index in [2.05, 4.69) is 23.3 Å². The topological polar surface area (TPSA) is 50.4 Å². The summed E-state index contributed by atoms with van der Waals surface area (Å²) in [5.74, 6) is 1.12. The average Bonchev–Trinajstić information content (AvgIpc) is 2.61. The van der Waals surface area contributed by atoms with Crippen molar-refractivity contribution in [1.29, 1.82) is 0 Å². The van der Waals surface area contributed by atoms with Crippen LogP contribution in [0.3, 0.4) is 0 Å². The van der Waals surface area contributed by atoms with Crippen molar-refractivity contribution in [3.63, 3.8) is 0 Å². The highest BCUT2D eigenvalue weighted by molar-refractivity contribution is 7.80. The average molecular weight is 366 g/mol. The number of cyclic esters (lactones) is 1. The highest BCUT2D eigenvalue weighted by atomic mass is 32.1. The molecule has 2 fully saturated rings. The van der Waals surface area contributed by atoms with Gasteiger partial charge >= 0.3 is 5.97 Å². The van der Waals surface area contributed by atoms with Crippen molar-refractivity contribution in [2.24, 2.45) is 17.8 Å². The van der Waals surface area contributed by atoms with Gasteiger partial charge in [0.1, 0.15) is 5.76 Å². The van der Waals surface area contributed by atoms with Crippen LogP contribution in [0.15, 0.2) is 60.0 Å². The Labute approximate surface area is 159 Å². The third-order valence-electron chi connectivity index (χ3n) is 5.45. The van der Waals surface area contributed by atoms with Gasteiger partial charge in [-0.1, -0.05) is 36.8 Å². The van der Waals surface area contributed by atoms with Gasteiger partial charge in [0.05, 0.1) is 0 Å². The Bertz CT molecular complexity index is 838. The fraction of sp³-hybridized carbons (Fsp3) is 0.333. The minimum Gasteiger partial charge on any atom is -0.428 e. The number of aryl methyl sites for hydroxylation is 1. The first-order valence-corrected chi connectivity index (χ1v) is 9.41. The maximum Gasteiger partial charge on any atom is 0.339 e. The molecule has 1 saturated carbocycles. The first-order valence-electron chi connectivity index (χ1n) is 9.00. The lowest BCUT2D eigenvalue weighted by Crippen LogP contribution is -2.41. The number of benzene rings is 1. The zero-order valence-electron chi connectivity index (χ0n) is 14.7. The first-order chi connectivity index (χ1) is 12.5. The van der Waals surface area contributed by atoms with Crippen LogP contribution in [0.5, 0.6) is 0 Å². The fourth-order valence-electron chi connectivity index (χ4n) is 4.23. The molecule has 0 aromatic heterocycles. The summed E-state index contributed by atoms with van der Waals surface area (Å²) in [4.78, 5) is 12.4. The third kappa shape index (κ3) is 3.19. The van der Waals surface area contributed by atoms with Crippen LogP contribution in [0, 0.1) is 24.7 Å². The van der Waals surface area contributed by atoms with Crippen LogP contribution < -0.4 is 10.6 Å². The highest BCUT2D eigenvalue weighted by Crippen LogP contribution is 2.48. The van der Waals surface area contributed by atoms with Crippen LogP contribution in [0.2, 0.25) is 0 Å². The maximum absolute atomic E-state index is 12.4. The van der Waals surface area contributed by atoms with Crippen LogP contribution in [0.1, 0.15) is 24.8 Å². The van der Waals surface area contributed by atoms with Gasteiger partial charge in [-0.15, -0.1) is 0 Å². The number of nitrogens with one attached hydrogen (secondary N) is 2. The minimum absolute atomic E-state index is 0.196. The number of rotatable bonds is 2. The Morgan fingerprint density at radius 1 is 1.23 bits per heavy atom. The smallest absolute Gasteiger partial charge is 0.339 e. The van der Waals surface area contributed by atoms with Crippen molar-refractivity contribution in [3.8, 4) is 0 Å². The SMILES string of the molecule is C=C1OC(=O)C2=CC(NC(=S)Nc3ccc(C)cc3)=CC3CCCC1C23. The standard InChI is InChI=1S/C21H22N2O2S/c1-12-6-8-15(9-7-12)22-21(26)23-16-10-14-4-3-5-17-13(2)25-20(24)18(11-16)19(14)17/h6-11,14,17,19H,2-5H2,1H3,(H2,22,23,26). The van der Waals surface area contributed by atoms with Gasteiger partial charge in [-0.05, 0) is 56.1 Å². The molecule has 26 heavy (non-hydrogen) atoms. The van der Waals surface area contributed by atoms with E-state index < -0.39 is 0 Å². The number of hydrogen-bond acceptors (Lipinski definition) is 3. The van der Waals surface area contributed by atoms with E-state index in [9.17, 15) is 4.79 Å². The summed E-state index contributed by atoms with van der Waals surface area (Å²) in [6.07, 6.45) is 7.31. The monoisotopic (exact) mass is 366 g/mol. The van der Waals surface area contributed by atoms with Crippen molar-refractivity contribution >= 4 is 29.0 Å². The molecular weight excluding hydrogens is 344 g/mol. The molecule has 2 aliphatic carbocycles. The molecule has 0 amide bonds. The minimum atomic E-state index is -0.270. The van der Waals surface area contributed by atoms with Gasteiger partial charge in [0.2, 0.25) is 0 Å². The summed E-state index contributed by atoms with van der Waals surface area (Å²) in [7, 11) is 0. The molecule has 1 heterocycles. The lowest BCUT2D eigenvalue weighted by molar-refractivity contribution is -0.140. The van der Waals surface area contributed by atoms with Gasteiger partial charge < -0.3 is 15.4 Å². The molecule has 4 rings (SSSR count). The quantitative estimate of drug-likeness (QED) is 0.607. The maximum atomic E-state index is 12.4. The lowest BCUT2D eigenvalue weighted by atomic mass is 9.65. The molecular formula is C21H22N2O2S. The predicted octanol–water partition coefficient (Wildman–Crippen LogP) is 4.21. The molecule has 2 N–H and O–H groups in total. The number of anilines is 1. The second kappa shape index (κ2) is 6.72. The van der Waals surface area contributed by atoms with Gasteiger partial charge in [-0.3, -0.25) is 0 Å². The molecule has 3 unspecified atom stereocenters. The number of esters is 1. The Morgan fingerprint density at radius 2 is 2.00 bits per heavy atom. The molecule has 0 bridgehead atoms. The normalized spacial score (nSPS) is 26.9. The van der Waals surface area contributed by atoms with E-state index in [0.717, 1.165) is 36.2 Å². The second-order valence-corrected chi connectivity index (χ2v) is 7.66. The van der Waals surface area contributed by atoms with Crippen molar-refractivity contribution < 1.29 is 9.53 Å². The molecule has 5 heteroatoms. The number of carbonyl (C=O) groups excluding carboxylic acids is 1. The predicted molar refractivity (Wildman–Crippen MR) is 106 cm³/mol. The van der Waals surface area contributed by atoms with Gasteiger partial charge in [0.25, 0.3) is 0 Å². The molecule has 1 saturated heterocycles. The van der Waals surface area contributed by atoms with Crippen molar-refractivity contribution in [2.45, 2.75) is 26.2 Å². The first kappa shape index (κ1) is 17.0. The van der Waals surface area contributed by atoms with Crippen LogP contribution in [-0.4, -0.2) is 11.1 Å². The molecule has 1 aromatic rings. The van der Waals surface area contributed by atoms with Crippen LogP contribution >= 0.6 is 12.2 Å². The van der Waals surface area contributed by atoms with Crippen molar-refractivity contribution in [1.82, 2.24) is 5.32 Å². The number of hydrogen-bond donors (Lipinski definition) is 2. The molecule has 1 aliphatic heterocycles. The number of ether oxygens (including phenoxy) is 1. The Balaban J connectivity index is 1.51. The third-order valence-corrected chi connectivity index (χ3v) is 5.66. The fourth-order valence-corrected chi connectivity index (χ4v) is 4.46. The van der Waals surface area contributed by atoms with Crippen LogP contribution in [-0.2, 0) is 9.53 Å². The Morgan fingerprint density at radius 3 is 2.77 bits per heavy atom. The number of carbonyl (C=O) groups is 1. The summed E-state index contributed by atoms with van der Waals surface area (Å²) in [6.45, 7) is 6.01. The summed E-state index contributed by atoms with van der Waals surface area (Å²) >= 11 is 5.43. The summed E-state index contributed by atoms with van der Waals surface area (Å²) < 4.78 is 5.40. The number of allylic oxidation sites excluding steroid dienone is 3. The summed E-state index contributed by atoms with van der Waals surface area (Å²) in [5.41, 5.74) is 3.73. The zero-order valence-corrected chi connectivity index (χ0v) is 15.6. The Hall–Kier alpha value is -2.40. The largest absolute Gasteiger partial charge is 0.428 e. The van der Waals surface area contributed by atoms with E-state index in [0.29, 0.717) is 16.8 Å². The zero-order chi connectivity index (χ0) is 18.3. The number of thiocarbonyl (C=S) groups is 1. The molecule has 0 radical (unpaired) electrons. The van der Waals surface area contributed by atoms with Crippen molar-refractivity contribution in [2.75, 3.05) is 5.32 Å². The molecule has 3 aliphatic rings. The molecule has 3 atom stereocenters. The van der Waals surface area contributed by atoms with E-state index >= 15 is 0 Å². The summed E-state index contributed by atoms with van der Waals surface area (Å²) in [5, 5.41) is 6.92. The van der Waals surface area contributed by atoms with Gasteiger partial charge in [0, 0.05) is 28.8 Å². The van der Waals surface area contributed by atoms with E-state index in [1.165, 1.54) is 5.56 Å². The van der Waals surface area contributed by atoms with Gasteiger partial charge in [0.15, 0.2) is 5.11 Å². The van der Waals surface area contributed by atoms with E-state index in [1.807, 2.05) is 37.3 Å². The Kier molecular flexibility index (Phi) is 4.41. The van der Waals surface area contributed by atoms with E-state index in [1.54, 1.807) is 0 Å². The van der Waals surface area contributed by atoms with E-state index in [-0.39, 0.29) is 17.8 Å². The van der Waals surface area contributed by atoms with Crippen LogP contribution in [0.25, 0.3) is 0 Å². The second-order valence-electron chi connectivity index (χ2n) is 7.25. The van der Waals surface area contributed by atoms with E-state index in [4.69, 9.17) is 17.0 Å². The van der Waals surface area contributed by atoms with Crippen LogP contribution in [0.4, 0.5) is 5.69 Å². The van der Waals surface area contributed by atoms with Gasteiger partial charge in [-0.2, -0.15) is 0 Å². The molecule has 134 valence electrons.